The van der Waals surface area contributed by atoms with Crippen molar-refractivity contribution < 1.29 is 66.5 Å². The molecule has 0 aromatic heterocycles. The molecule has 0 aliphatic heterocycles. The van der Waals surface area contributed by atoms with E-state index in [1.165, 1.54) is 91.5 Å². The number of benzene rings is 4. The van der Waals surface area contributed by atoms with Crippen molar-refractivity contribution in [2.45, 2.75) is 20.3 Å². The Balaban J connectivity index is 1.33. The molecule has 4 rings (SSSR count). The summed E-state index contributed by atoms with van der Waals surface area (Å²) in [5.74, 6) is -0.362. The van der Waals surface area contributed by atoms with Gasteiger partial charge in [-0.2, -0.15) is 10.2 Å². The van der Waals surface area contributed by atoms with Crippen LogP contribution >= 0.6 is 0 Å². The van der Waals surface area contributed by atoms with Gasteiger partial charge in [0.1, 0.15) is 6.42 Å². The number of carbonyl (C=O) groups excluding carboxylic acids is 4. The lowest BCUT2D eigenvalue weighted by Gasteiger charge is -2.15. The predicted molar refractivity (Wildman–Crippen MR) is 213 cm³/mol. The number of nitrogens with zero attached hydrogens (tertiary/aromatic N) is 2. The lowest BCUT2D eigenvalue weighted by molar-refractivity contribution is -0.129. The van der Waals surface area contributed by atoms with Gasteiger partial charge in [-0.25, -0.2) is 20.4 Å². The van der Waals surface area contributed by atoms with Gasteiger partial charge >= 0.3 is 11.9 Å². The number of hydrogen-bond acceptors (Lipinski definition) is 16. The van der Waals surface area contributed by atoms with E-state index < -0.39 is 30.2 Å². The van der Waals surface area contributed by atoms with Crippen molar-refractivity contribution in [3.8, 4) is 57.5 Å². The average molecular weight is 817 g/mol. The Morgan fingerprint density at radius 3 is 1.15 bits per heavy atom. The molecule has 0 saturated heterocycles. The third-order valence-electron chi connectivity index (χ3n) is 7.87. The lowest BCUT2D eigenvalue weighted by atomic mass is 10.1. The molecule has 0 spiro atoms. The fourth-order valence-electron chi connectivity index (χ4n) is 5.21. The van der Waals surface area contributed by atoms with E-state index in [-0.39, 0.29) is 70.3 Å². The van der Waals surface area contributed by atoms with Crippen LogP contribution in [-0.2, 0) is 9.59 Å². The molecule has 312 valence electrons. The van der Waals surface area contributed by atoms with Crippen LogP contribution < -0.4 is 58.2 Å². The van der Waals surface area contributed by atoms with Gasteiger partial charge in [0.15, 0.2) is 46.0 Å². The second-order valence-electron chi connectivity index (χ2n) is 11.6. The molecule has 0 atom stereocenters. The van der Waals surface area contributed by atoms with Gasteiger partial charge < -0.3 is 47.4 Å². The maximum absolute atomic E-state index is 13.1. The van der Waals surface area contributed by atoms with E-state index in [0.717, 1.165) is 0 Å². The molecule has 0 aliphatic carbocycles. The third kappa shape index (κ3) is 11.8. The van der Waals surface area contributed by atoms with Crippen LogP contribution in [0.3, 0.4) is 0 Å². The zero-order valence-corrected chi connectivity index (χ0v) is 33.7. The van der Waals surface area contributed by atoms with Crippen LogP contribution in [0.2, 0.25) is 0 Å². The van der Waals surface area contributed by atoms with Crippen molar-refractivity contribution in [2.24, 2.45) is 10.2 Å². The van der Waals surface area contributed by atoms with Gasteiger partial charge in [0.25, 0.3) is 0 Å². The van der Waals surface area contributed by atoms with Gasteiger partial charge in [-0.05, 0) is 85.6 Å². The summed E-state index contributed by atoms with van der Waals surface area (Å²) in [6.45, 7) is 4.04. The summed E-state index contributed by atoms with van der Waals surface area (Å²) in [6.07, 6.45) is 2.06. The summed E-state index contributed by atoms with van der Waals surface area (Å²) in [5, 5.41) is 7.81. The molecule has 0 unspecified atom stereocenters. The van der Waals surface area contributed by atoms with Gasteiger partial charge in [0.05, 0.1) is 79.4 Å². The van der Waals surface area contributed by atoms with Crippen LogP contribution in [-0.4, -0.2) is 92.1 Å². The zero-order valence-electron chi connectivity index (χ0n) is 33.7. The van der Waals surface area contributed by atoms with Crippen molar-refractivity contribution in [2.75, 3.05) is 55.9 Å². The van der Waals surface area contributed by atoms with E-state index in [4.69, 9.17) is 47.4 Å². The Morgan fingerprint density at radius 1 is 0.492 bits per heavy atom. The van der Waals surface area contributed by atoms with Crippen LogP contribution in [0.1, 0.15) is 52.1 Å². The summed E-state index contributed by atoms with van der Waals surface area (Å²) < 4.78 is 54.4. The normalized spacial score (nSPS) is 10.7. The highest BCUT2D eigenvalue weighted by Gasteiger charge is 2.22. The Bertz CT molecular complexity index is 2000. The molecule has 0 bridgehead atoms. The smallest absolute Gasteiger partial charge is 0.343 e. The Kier molecular flexibility index (Phi) is 16.3. The zero-order chi connectivity index (χ0) is 42.9. The first-order valence-electron chi connectivity index (χ1n) is 17.7. The maximum Gasteiger partial charge on any atom is 0.343 e. The minimum Gasteiger partial charge on any atom is -0.493 e. The molecule has 0 heterocycles. The number of methoxy groups -OCH3 is 6. The summed E-state index contributed by atoms with van der Waals surface area (Å²) in [4.78, 5) is 50.9. The predicted octanol–water partition coefficient (Wildman–Crippen LogP) is 4.96. The first-order valence-corrected chi connectivity index (χ1v) is 17.7. The molecule has 0 fully saturated rings. The number of hydrazone groups is 2. The lowest BCUT2D eigenvalue weighted by Crippen LogP contribution is -2.27. The topological polar surface area (TPSA) is 209 Å². The monoisotopic (exact) mass is 816 g/mol. The quantitative estimate of drug-likeness (QED) is 0.0397. The minimum atomic E-state index is -0.716. The third-order valence-corrected chi connectivity index (χ3v) is 7.87. The SMILES string of the molecule is CCOc1cc(C=NNC(=O)CC(=O)NN=Cc2ccc(OC(=O)c3cc(OC)c(OC)c(OC)c3)c(OCC)c2)ccc1OC(=O)c1cc(OC)c(OC)c(OC)c1. The van der Waals surface area contributed by atoms with Crippen LogP contribution in [0.15, 0.2) is 70.9 Å². The number of ether oxygens (including phenoxy) is 10. The van der Waals surface area contributed by atoms with E-state index in [2.05, 4.69) is 21.1 Å². The Labute approximate surface area is 339 Å². The van der Waals surface area contributed by atoms with Crippen LogP contribution in [0.4, 0.5) is 0 Å². The molecule has 0 saturated carbocycles. The first kappa shape index (κ1) is 44.2. The number of carbonyl (C=O) groups is 4. The Morgan fingerprint density at radius 2 is 0.847 bits per heavy atom. The number of esters is 2. The molecular weight excluding hydrogens is 772 g/mol. The molecule has 0 radical (unpaired) electrons. The molecule has 0 aliphatic rings. The summed E-state index contributed by atoms with van der Waals surface area (Å²) in [5.41, 5.74) is 5.81. The summed E-state index contributed by atoms with van der Waals surface area (Å²) in [6, 6.07) is 15.1. The molecule has 4 aromatic rings. The summed E-state index contributed by atoms with van der Waals surface area (Å²) in [7, 11) is 8.62. The van der Waals surface area contributed by atoms with Gasteiger partial charge in [-0.3, -0.25) is 9.59 Å². The minimum absolute atomic E-state index is 0.130. The molecule has 2 amide bonds. The molecule has 18 heteroatoms. The standard InChI is InChI=1S/C41H44N4O14/c1-9-56-30-15-24(11-13-28(30)58-40(48)26-17-32(50-3)38(54-7)33(18-26)51-4)22-42-44-36(46)21-37(47)45-43-23-25-12-14-29(31(16-25)57-10-2)59-41(49)27-19-34(52-5)39(55-8)35(20-27)53-6/h11-20,22-23H,9-10,21H2,1-8H3,(H,44,46)(H,45,47). The molecule has 2 N–H and O–H groups in total. The second-order valence-corrected chi connectivity index (χ2v) is 11.6. The fraction of sp³-hybridized carbons (Fsp3) is 0.268. The van der Waals surface area contributed by atoms with Crippen molar-refractivity contribution in [3.63, 3.8) is 0 Å². The van der Waals surface area contributed by atoms with E-state index >= 15 is 0 Å². The maximum atomic E-state index is 13.1. The van der Waals surface area contributed by atoms with E-state index in [1.54, 1.807) is 38.1 Å². The van der Waals surface area contributed by atoms with Crippen LogP contribution in [0.5, 0.6) is 57.5 Å². The first-order chi connectivity index (χ1) is 28.5. The van der Waals surface area contributed by atoms with Gasteiger partial charge in [-0.15, -0.1) is 0 Å². The van der Waals surface area contributed by atoms with Crippen molar-refractivity contribution in [1.82, 2.24) is 10.9 Å². The number of nitrogens with one attached hydrogen (secondary N) is 2. The van der Waals surface area contributed by atoms with Crippen LogP contribution in [0, 0.1) is 0 Å². The highest BCUT2D eigenvalue weighted by atomic mass is 16.6. The largest absolute Gasteiger partial charge is 0.493 e. The van der Waals surface area contributed by atoms with E-state index in [9.17, 15) is 19.2 Å². The number of hydrogen-bond donors (Lipinski definition) is 2. The molecule has 59 heavy (non-hydrogen) atoms. The highest BCUT2D eigenvalue weighted by Crippen LogP contribution is 2.40. The second kappa shape index (κ2) is 21.7. The van der Waals surface area contributed by atoms with E-state index in [1.807, 2.05) is 0 Å². The van der Waals surface area contributed by atoms with Gasteiger partial charge in [0.2, 0.25) is 23.3 Å². The van der Waals surface area contributed by atoms with Gasteiger partial charge in [0, 0.05) is 0 Å². The molecule has 4 aromatic carbocycles. The molecular formula is C41H44N4O14. The van der Waals surface area contributed by atoms with Crippen molar-refractivity contribution in [3.05, 3.63) is 82.9 Å². The Hall–Kier alpha value is -7.50. The van der Waals surface area contributed by atoms with Crippen molar-refractivity contribution in [1.29, 1.82) is 0 Å². The highest BCUT2D eigenvalue weighted by molar-refractivity contribution is 5.98. The van der Waals surface area contributed by atoms with E-state index in [0.29, 0.717) is 22.6 Å². The number of rotatable bonds is 20. The molecule has 18 nitrogen and oxygen atoms in total. The van der Waals surface area contributed by atoms with Crippen molar-refractivity contribution >= 4 is 36.2 Å². The van der Waals surface area contributed by atoms with Crippen LogP contribution in [0.25, 0.3) is 0 Å². The summed E-state index contributed by atoms with van der Waals surface area (Å²) >= 11 is 0. The fourth-order valence-corrected chi connectivity index (χ4v) is 5.21. The average Bonchev–Trinajstić information content (AvgIpc) is 3.24. The number of amides is 2. The van der Waals surface area contributed by atoms with Gasteiger partial charge in [-0.1, -0.05) is 0 Å².